The topological polar surface area (TPSA) is 66.8 Å². The van der Waals surface area contributed by atoms with Crippen molar-refractivity contribution in [1.29, 1.82) is 0 Å². The van der Waals surface area contributed by atoms with Crippen LogP contribution in [-0.2, 0) is 14.3 Å². The van der Waals surface area contributed by atoms with E-state index < -0.39 is 11.4 Å². The fourth-order valence-corrected chi connectivity index (χ4v) is 3.78. The predicted molar refractivity (Wildman–Crippen MR) is 84.6 cm³/mol. The van der Waals surface area contributed by atoms with E-state index in [2.05, 4.69) is 6.92 Å². The summed E-state index contributed by atoms with van der Waals surface area (Å²) >= 11 is 1.65. The standard InChI is InChI=1S/C15H27NO4S/c1-4-5-9-21-12(2)13(17)16-8-6-7-15(10-16,11-20-3)14(18)19/h12H,4-11H2,1-3H3,(H,18,19). The summed E-state index contributed by atoms with van der Waals surface area (Å²) in [6.45, 7) is 5.10. The van der Waals surface area contributed by atoms with Gasteiger partial charge in [-0.2, -0.15) is 0 Å². The van der Waals surface area contributed by atoms with E-state index in [1.165, 1.54) is 7.11 Å². The number of ether oxygens (including phenoxy) is 1. The molecule has 1 heterocycles. The number of aliphatic carboxylic acids is 1. The van der Waals surface area contributed by atoms with E-state index >= 15 is 0 Å². The van der Waals surface area contributed by atoms with Gasteiger partial charge in [-0.3, -0.25) is 9.59 Å². The molecule has 1 aliphatic heterocycles. The lowest BCUT2D eigenvalue weighted by Gasteiger charge is -2.40. The Labute approximate surface area is 131 Å². The second kappa shape index (κ2) is 8.63. The lowest BCUT2D eigenvalue weighted by molar-refractivity contribution is -0.159. The van der Waals surface area contributed by atoms with Gasteiger partial charge in [-0.15, -0.1) is 11.8 Å². The van der Waals surface area contributed by atoms with Gasteiger partial charge >= 0.3 is 5.97 Å². The molecule has 1 aliphatic rings. The maximum Gasteiger partial charge on any atom is 0.313 e. The Balaban J connectivity index is 2.65. The van der Waals surface area contributed by atoms with Crippen molar-refractivity contribution in [1.82, 2.24) is 4.90 Å². The van der Waals surface area contributed by atoms with E-state index in [4.69, 9.17) is 4.74 Å². The Morgan fingerprint density at radius 2 is 2.19 bits per heavy atom. The summed E-state index contributed by atoms with van der Waals surface area (Å²) in [5.41, 5.74) is -0.948. The maximum absolute atomic E-state index is 12.5. The minimum atomic E-state index is -0.948. The molecule has 1 N–H and O–H groups in total. The van der Waals surface area contributed by atoms with Gasteiger partial charge in [-0.05, 0) is 31.9 Å². The highest BCUT2D eigenvalue weighted by Crippen LogP contribution is 2.32. The van der Waals surface area contributed by atoms with Crippen LogP contribution in [0.2, 0.25) is 0 Å². The molecular formula is C15H27NO4S. The molecule has 0 aromatic carbocycles. The number of carboxylic acids is 1. The number of likely N-dealkylation sites (tertiary alicyclic amines) is 1. The third-order valence-electron chi connectivity index (χ3n) is 3.98. The Kier molecular flexibility index (Phi) is 7.52. The third kappa shape index (κ3) is 4.88. The van der Waals surface area contributed by atoms with Crippen molar-refractivity contribution in [3.8, 4) is 0 Å². The summed E-state index contributed by atoms with van der Waals surface area (Å²) in [6, 6.07) is 0. The molecule has 0 bridgehead atoms. The molecule has 0 saturated carbocycles. The number of rotatable bonds is 8. The highest BCUT2D eigenvalue weighted by atomic mass is 32.2. The van der Waals surface area contributed by atoms with Gasteiger partial charge in [0.05, 0.1) is 11.9 Å². The van der Waals surface area contributed by atoms with Crippen LogP contribution in [0.15, 0.2) is 0 Å². The van der Waals surface area contributed by atoms with Gasteiger partial charge in [0, 0.05) is 20.2 Å². The Morgan fingerprint density at radius 3 is 2.76 bits per heavy atom. The molecule has 0 aliphatic carbocycles. The average molecular weight is 317 g/mol. The molecule has 0 aromatic rings. The van der Waals surface area contributed by atoms with Crippen LogP contribution in [0.25, 0.3) is 0 Å². The number of piperidine rings is 1. The van der Waals surface area contributed by atoms with Crippen molar-refractivity contribution in [3.63, 3.8) is 0 Å². The SMILES string of the molecule is CCCCSC(C)C(=O)N1CCCC(COC)(C(=O)O)C1. The monoisotopic (exact) mass is 317 g/mol. The van der Waals surface area contributed by atoms with Gasteiger partial charge in [0.1, 0.15) is 5.41 Å². The first-order valence-electron chi connectivity index (χ1n) is 7.59. The van der Waals surface area contributed by atoms with Crippen LogP contribution in [0.5, 0.6) is 0 Å². The first kappa shape index (κ1) is 18.3. The first-order valence-corrected chi connectivity index (χ1v) is 8.64. The van der Waals surface area contributed by atoms with E-state index in [1.54, 1.807) is 16.7 Å². The number of thioether (sulfide) groups is 1. The largest absolute Gasteiger partial charge is 0.481 e. The Bertz CT molecular complexity index is 360. The molecule has 21 heavy (non-hydrogen) atoms. The minimum absolute atomic E-state index is 0.0533. The normalized spacial score (nSPS) is 23.9. The van der Waals surface area contributed by atoms with Crippen molar-refractivity contribution in [2.45, 2.75) is 44.8 Å². The summed E-state index contributed by atoms with van der Waals surface area (Å²) in [6.07, 6.45) is 3.50. The highest BCUT2D eigenvalue weighted by molar-refractivity contribution is 8.00. The Morgan fingerprint density at radius 1 is 1.48 bits per heavy atom. The van der Waals surface area contributed by atoms with E-state index in [0.29, 0.717) is 19.4 Å². The van der Waals surface area contributed by atoms with Crippen LogP contribution >= 0.6 is 11.8 Å². The second-order valence-electron chi connectivity index (χ2n) is 5.75. The molecule has 1 rings (SSSR count). The molecule has 2 unspecified atom stereocenters. The van der Waals surface area contributed by atoms with Crippen molar-refractivity contribution in [2.75, 3.05) is 32.6 Å². The van der Waals surface area contributed by atoms with E-state index in [0.717, 1.165) is 18.6 Å². The van der Waals surface area contributed by atoms with Crippen LogP contribution < -0.4 is 0 Å². The van der Waals surface area contributed by atoms with Gasteiger partial charge in [-0.25, -0.2) is 0 Å². The van der Waals surface area contributed by atoms with Gasteiger partial charge in [0.15, 0.2) is 0 Å². The van der Waals surface area contributed by atoms with Gasteiger partial charge in [-0.1, -0.05) is 13.3 Å². The molecule has 1 amide bonds. The smallest absolute Gasteiger partial charge is 0.313 e. The molecule has 0 radical (unpaired) electrons. The molecule has 1 saturated heterocycles. The molecule has 5 nitrogen and oxygen atoms in total. The van der Waals surface area contributed by atoms with Crippen LogP contribution in [0.4, 0.5) is 0 Å². The van der Waals surface area contributed by atoms with Crippen molar-refractivity contribution < 1.29 is 19.4 Å². The molecule has 0 spiro atoms. The first-order chi connectivity index (χ1) is 9.96. The molecular weight excluding hydrogens is 290 g/mol. The van der Waals surface area contributed by atoms with Crippen molar-refractivity contribution >= 4 is 23.6 Å². The molecule has 2 atom stereocenters. The van der Waals surface area contributed by atoms with Crippen LogP contribution in [0.3, 0.4) is 0 Å². The number of hydrogen-bond acceptors (Lipinski definition) is 4. The Hall–Kier alpha value is -0.750. The summed E-state index contributed by atoms with van der Waals surface area (Å²) in [5, 5.41) is 9.40. The van der Waals surface area contributed by atoms with Gasteiger partial charge in [0.2, 0.25) is 5.91 Å². The third-order valence-corrected chi connectivity index (χ3v) is 5.20. The number of unbranched alkanes of at least 4 members (excludes halogenated alkanes) is 1. The summed E-state index contributed by atoms with van der Waals surface area (Å²) in [7, 11) is 1.51. The summed E-state index contributed by atoms with van der Waals surface area (Å²) in [5.74, 6) is 0.157. The zero-order valence-electron chi connectivity index (χ0n) is 13.3. The molecule has 6 heteroatoms. The van der Waals surface area contributed by atoms with Crippen molar-refractivity contribution in [3.05, 3.63) is 0 Å². The van der Waals surface area contributed by atoms with Crippen molar-refractivity contribution in [2.24, 2.45) is 5.41 Å². The van der Waals surface area contributed by atoms with E-state index in [-0.39, 0.29) is 24.3 Å². The molecule has 122 valence electrons. The maximum atomic E-state index is 12.5. The zero-order chi connectivity index (χ0) is 15.9. The number of amides is 1. The fourth-order valence-electron chi connectivity index (χ4n) is 2.68. The minimum Gasteiger partial charge on any atom is -0.481 e. The van der Waals surface area contributed by atoms with Crippen LogP contribution in [0.1, 0.15) is 39.5 Å². The average Bonchev–Trinajstić information content (AvgIpc) is 2.47. The number of carbonyl (C=O) groups is 2. The lowest BCUT2D eigenvalue weighted by Crippen LogP contribution is -2.53. The number of carbonyl (C=O) groups excluding carboxylic acids is 1. The number of methoxy groups -OCH3 is 1. The lowest BCUT2D eigenvalue weighted by atomic mass is 9.80. The molecule has 1 fully saturated rings. The quantitative estimate of drug-likeness (QED) is 0.696. The zero-order valence-corrected chi connectivity index (χ0v) is 14.1. The number of hydrogen-bond donors (Lipinski definition) is 1. The second-order valence-corrected chi connectivity index (χ2v) is 7.20. The fraction of sp³-hybridized carbons (Fsp3) is 0.867. The number of nitrogens with zero attached hydrogens (tertiary/aromatic N) is 1. The number of carboxylic acid groups (broad SMARTS) is 1. The van der Waals surface area contributed by atoms with Crippen LogP contribution in [0, 0.1) is 5.41 Å². The predicted octanol–water partition coefficient (Wildman–Crippen LogP) is 2.25. The summed E-state index contributed by atoms with van der Waals surface area (Å²) < 4.78 is 5.09. The highest BCUT2D eigenvalue weighted by Gasteiger charge is 2.44. The van der Waals surface area contributed by atoms with E-state index in [1.807, 2.05) is 6.92 Å². The molecule has 0 aromatic heterocycles. The van der Waals surface area contributed by atoms with Gasteiger partial charge in [0.25, 0.3) is 0 Å². The summed E-state index contributed by atoms with van der Waals surface area (Å²) in [4.78, 5) is 25.8. The van der Waals surface area contributed by atoms with E-state index in [9.17, 15) is 14.7 Å². The van der Waals surface area contributed by atoms with Crippen LogP contribution in [-0.4, -0.2) is 59.7 Å². The van der Waals surface area contributed by atoms with Gasteiger partial charge < -0.3 is 14.7 Å².